The molecule has 2 rings (SSSR count). The number of aromatic nitrogens is 3. The van der Waals surface area contributed by atoms with Crippen LogP contribution in [-0.2, 0) is 17.9 Å². The molecule has 1 amide bonds. The summed E-state index contributed by atoms with van der Waals surface area (Å²) in [7, 11) is 0. The van der Waals surface area contributed by atoms with Crippen molar-refractivity contribution in [2.24, 2.45) is 0 Å². The Bertz CT molecular complexity index is 397. The predicted octanol–water partition coefficient (Wildman–Crippen LogP) is 0.836. The average molecular weight is 265 g/mol. The van der Waals surface area contributed by atoms with Gasteiger partial charge in [0.05, 0.1) is 6.54 Å². The molecule has 0 saturated carbocycles. The van der Waals surface area contributed by atoms with Crippen LogP contribution in [0.5, 0.6) is 0 Å². The highest BCUT2D eigenvalue weighted by atomic mass is 16.1. The Kier molecular flexibility index (Phi) is 5.32. The molecule has 0 aliphatic carbocycles. The third kappa shape index (κ3) is 4.31. The standard InChI is InChI=1S/C13H23N5O/c1-2-18-10-16-17-12(18)9-15-13(19)7-6-11-5-3-4-8-14-11/h10-11,14H,2-9H2,1H3,(H,15,19). The first-order valence-corrected chi connectivity index (χ1v) is 7.16. The van der Waals surface area contributed by atoms with E-state index in [1.165, 1.54) is 19.3 Å². The van der Waals surface area contributed by atoms with Crippen molar-refractivity contribution < 1.29 is 4.79 Å². The fraction of sp³-hybridized carbons (Fsp3) is 0.769. The van der Waals surface area contributed by atoms with Crippen molar-refractivity contribution >= 4 is 5.91 Å². The van der Waals surface area contributed by atoms with E-state index >= 15 is 0 Å². The maximum absolute atomic E-state index is 11.8. The lowest BCUT2D eigenvalue weighted by Gasteiger charge is -2.23. The molecule has 6 nitrogen and oxygen atoms in total. The minimum atomic E-state index is 0.0954. The summed E-state index contributed by atoms with van der Waals surface area (Å²) in [6.45, 7) is 4.41. The van der Waals surface area contributed by atoms with E-state index in [1.54, 1.807) is 6.33 Å². The lowest BCUT2D eigenvalue weighted by atomic mass is 10.0. The van der Waals surface area contributed by atoms with E-state index in [0.29, 0.717) is 19.0 Å². The summed E-state index contributed by atoms with van der Waals surface area (Å²) < 4.78 is 1.93. The summed E-state index contributed by atoms with van der Waals surface area (Å²) in [6, 6.07) is 0.513. The minimum absolute atomic E-state index is 0.0954. The van der Waals surface area contributed by atoms with Crippen LogP contribution in [0.4, 0.5) is 0 Å². The van der Waals surface area contributed by atoms with Crippen LogP contribution in [-0.4, -0.2) is 33.3 Å². The van der Waals surface area contributed by atoms with E-state index in [2.05, 4.69) is 20.8 Å². The van der Waals surface area contributed by atoms with Gasteiger partial charge in [-0.05, 0) is 32.7 Å². The number of nitrogens with one attached hydrogen (secondary N) is 2. The summed E-state index contributed by atoms with van der Waals surface area (Å²) in [5, 5.41) is 14.2. The second-order valence-electron chi connectivity index (χ2n) is 5.00. The van der Waals surface area contributed by atoms with E-state index < -0.39 is 0 Å². The lowest BCUT2D eigenvalue weighted by molar-refractivity contribution is -0.121. The van der Waals surface area contributed by atoms with E-state index in [-0.39, 0.29) is 5.91 Å². The summed E-state index contributed by atoms with van der Waals surface area (Å²) >= 11 is 0. The first kappa shape index (κ1) is 14.0. The highest BCUT2D eigenvalue weighted by Gasteiger charge is 2.14. The van der Waals surface area contributed by atoms with Crippen molar-refractivity contribution in [3.8, 4) is 0 Å². The van der Waals surface area contributed by atoms with Gasteiger partial charge < -0.3 is 15.2 Å². The number of rotatable bonds is 6. The van der Waals surface area contributed by atoms with Crippen molar-refractivity contribution in [1.29, 1.82) is 0 Å². The molecule has 1 aromatic rings. The number of amides is 1. The molecule has 0 bridgehead atoms. The summed E-state index contributed by atoms with van der Waals surface area (Å²) in [4.78, 5) is 11.8. The Balaban J connectivity index is 1.66. The van der Waals surface area contributed by atoms with Crippen LogP contribution in [0.3, 0.4) is 0 Å². The zero-order chi connectivity index (χ0) is 13.5. The predicted molar refractivity (Wildman–Crippen MR) is 72.4 cm³/mol. The second-order valence-corrected chi connectivity index (χ2v) is 5.00. The first-order chi connectivity index (χ1) is 9.29. The summed E-state index contributed by atoms with van der Waals surface area (Å²) in [5.41, 5.74) is 0. The van der Waals surface area contributed by atoms with Crippen molar-refractivity contribution in [3.63, 3.8) is 0 Å². The smallest absolute Gasteiger partial charge is 0.220 e. The van der Waals surface area contributed by atoms with Crippen LogP contribution in [0, 0.1) is 0 Å². The molecule has 1 fully saturated rings. The maximum atomic E-state index is 11.8. The Morgan fingerprint density at radius 1 is 1.58 bits per heavy atom. The first-order valence-electron chi connectivity index (χ1n) is 7.16. The van der Waals surface area contributed by atoms with Gasteiger partial charge in [-0.25, -0.2) is 0 Å². The molecule has 6 heteroatoms. The molecule has 0 radical (unpaired) electrons. The second kappa shape index (κ2) is 7.23. The van der Waals surface area contributed by atoms with Crippen molar-refractivity contribution in [3.05, 3.63) is 12.2 Å². The number of hydrogen-bond donors (Lipinski definition) is 2. The number of carbonyl (C=O) groups excluding carboxylic acids is 1. The molecule has 19 heavy (non-hydrogen) atoms. The van der Waals surface area contributed by atoms with E-state index in [0.717, 1.165) is 25.3 Å². The number of carbonyl (C=O) groups is 1. The third-order valence-corrected chi connectivity index (χ3v) is 3.61. The molecular weight excluding hydrogens is 242 g/mol. The lowest BCUT2D eigenvalue weighted by Crippen LogP contribution is -2.35. The van der Waals surface area contributed by atoms with Crippen LogP contribution < -0.4 is 10.6 Å². The van der Waals surface area contributed by atoms with Gasteiger partial charge in [0.15, 0.2) is 5.82 Å². The summed E-state index contributed by atoms with van der Waals surface area (Å²) in [6.07, 6.45) is 6.92. The number of nitrogens with zero attached hydrogens (tertiary/aromatic N) is 3. The Labute approximate surface area is 114 Å². The van der Waals surface area contributed by atoms with Crippen molar-refractivity contribution in [1.82, 2.24) is 25.4 Å². The molecule has 1 saturated heterocycles. The molecule has 1 atom stereocenters. The molecule has 1 aromatic heterocycles. The van der Waals surface area contributed by atoms with Gasteiger partial charge in [-0.3, -0.25) is 4.79 Å². The highest BCUT2D eigenvalue weighted by Crippen LogP contribution is 2.11. The van der Waals surface area contributed by atoms with Crippen molar-refractivity contribution in [2.75, 3.05) is 6.54 Å². The molecule has 2 N–H and O–H groups in total. The van der Waals surface area contributed by atoms with Gasteiger partial charge >= 0.3 is 0 Å². The monoisotopic (exact) mass is 265 g/mol. The van der Waals surface area contributed by atoms with E-state index in [4.69, 9.17) is 0 Å². The van der Waals surface area contributed by atoms with Crippen molar-refractivity contribution in [2.45, 2.75) is 58.2 Å². The number of hydrogen-bond acceptors (Lipinski definition) is 4. The molecule has 0 spiro atoms. The van der Waals surface area contributed by atoms with Crippen LogP contribution in [0.25, 0.3) is 0 Å². The van der Waals surface area contributed by atoms with Crippen LogP contribution in [0.2, 0.25) is 0 Å². The highest BCUT2D eigenvalue weighted by molar-refractivity contribution is 5.75. The van der Waals surface area contributed by atoms with E-state index in [1.807, 2.05) is 11.5 Å². The van der Waals surface area contributed by atoms with Crippen LogP contribution >= 0.6 is 0 Å². The van der Waals surface area contributed by atoms with Gasteiger partial charge in [-0.2, -0.15) is 0 Å². The normalized spacial score (nSPS) is 19.3. The van der Waals surface area contributed by atoms with E-state index in [9.17, 15) is 4.79 Å². The minimum Gasteiger partial charge on any atom is -0.349 e. The Hall–Kier alpha value is -1.43. The zero-order valence-electron chi connectivity index (χ0n) is 11.6. The van der Waals surface area contributed by atoms with Gasteiger partial charge in [0.25, 0.3) is 0 Å². The molecule has 0 aromatic carbocycles. The number of piperidine rings is 1. The molecular formula is C13H23N5O. The summed E-state index contributed by atoms with van der Waals surface area (Å²) in [5.74, 6) is 0.907. The van der Waals surface area contributed by atoms with Crippen LogP contribution in [0.15, 0.2) is 6.33 Å². The number of aryl methyl sites for hydroxylation is 1. The fourth-order valence-electron chi connectivity index (χ4n) is 2.42. The zero-order valence-corrected chi connectivity index (χ0v) is 11.6. The topological polar surface area (TPSA) is 71.8 Å². The molecule has 1 unspecified atom stereocenters. The fourth-order valence-corrected chi connectivity index (χ4v) is 2.42. The molecule has 1 aliphatic heterocycles. The SMILES string of the molecule is CCn1cnnc1CNC(=O)CCC1CCCCN1. The third-order valence-electron chi connectivity index (χ3n) is 3.61. The average Bonchev–Trinajstić information content (AvgIpc) is 2.91. The van der Waals surface area contributed by atoms with Gasteiger partial charge in [-0.1, -0.05) is 6.42 Å². The molecule has 106 valence electrons. The molecule has 1 aliphatic rings. The van der Waals surface area contributed by atoms with Gasteiger partial charge in [0.2, 0.25) is 5.91 Å². The largest absolute Gasteiger partial charge is 0.349 e. The Morgan fingerprint density at radius 3 is 3.21 bits per heavy atom. The van der Waals surface area contributed by atoms with Gasteiger partial charge in [0, 0.05) is 19.0 Å². The Morgan fingerprint density at radius 2 is 2.47 bits per heavy atom. The van der Waals surface area contributed by atoms with Gasteiger partial charge in [0.1, 0.15) is 6.33 Å². The quantitative estimate of drug-likeness (QED) is 0.799. The van der Waals surface area contributed by atoms with Crippen LogP contribution in [0.1, 0.15) is 44.9 Å². The molecule has 2 heterocycles. The van der Waals surface area contributed by atoms with Gasteiger partial charge in [-0.15, -0.1) is 10.2 Å². The maximum Gasteiger partial charge on any atom is 0.220 e.